The summed E-state index contributed by atoms with van der Waals surface area (Å²) in [5.74, 6) is 0.128. The Bertz CT molecular complexity index is 182. The second kappa shape index (κ2) is 4.09. The molecule has 0 spiro atoms. The molecule has 0 bridgehead atoms. The van der Waals surface area contributed by atoms with Crippen molar-refractivity contribution in [1.29, 1.82) is 0 Å². The quantitative estimate of drug-likeness (QED) is 0.710. The molecule has 0 saturated heterocycles. The minimum atomic E-state index is -0.413. The SMILES string of the molecule is CCCN(C)C(=O)C1(CO)CCC1. The number of hydrogen-bond donors (Lipinski definition) is 1. The summed E-state index contributed by atoms with van der Waals surface area (Å²) < 4.78 is 0. The average Bonchev–Trinajstić information content (AvgIpc) is 2.03. The lowest BCUT2D eigenvalue weighted by atomic mass is 9.68. The molecule has 0 aromatic heterocycles. The summed E-state index contributed by atoms with van der Waals surface area (Å²) in [5.41, 5.74) is -0.413. The monoisotopic (exact) mass is 185 g/mol. The molecule has 76 valence electrons. The summed E-state index contributed by atoms with van der Waals surface area (Å²) in [7, 11) is 1.82. The number of hydrogen-bond acceptors (Lipinski definition) is 2. The van der Waals surface area contributed by atoms with Gasteiger partial charge in [0.15, 0.2) is 0 Å². The van der Waals surface area contributed by atoms with Gasteiger partial charge in [-0.25, -0.2) is 0 Å². The molecule has 1 aliphatic carbocycles. The number of aliphatic hydroxyl groups is 1. The van der Waals surface area contributed by atoms with Gasteiger partial charge in [-0.2, -0.15) is 0 Å². The average molecular weight is 185 g/mol. The number of carbonyl (C=O) groups is 1. The molecule has 0 aromatic carbocycles. The van der Waals surface area contributed by atoms with Gasteiger partial charge in [0, 0.05) is 13.6 Å². The van der Waals surface area contributed by atoms with Crippen molar-refractivity contribution in [2.24, 2.45) is 5.41 Å². The van der Waals surface area contributed by atoms with Crippen LogP contribution in [-0.2, 0) is 4.79 Å². The van der Waals surface area contributed by atoms with Crippen LogP contribution in [0.15, 0.2) is 0 Å². The number of amides is 1. The minimum absolute atomic E-state index is 0.0138. The first-order valence-corrected chi connectivity index (χ1v) is 5.03. The lowest BCUT2D eigenvalue weighted by Crippen LogP contribution is -2.48. The van der Waals surface area contributed by atoms with Crippen LogP contribution >= 0.6 is 0 Å². The van der Waals surface area contributed by atoms with Crippen LogP contribution in [0.2, 0.25) is 0 Å². The standard InChI is InChI=1S/C10H19NO2/c1-3-7-11(2)9(13)10(8-12)5-4-6-10/h12H,3-8H2,1-2H3. The van der Waals surface area contributed by atoms with Gasteiger partial charge in [0.05, 0.1) is 12.0 Å². The molecular formula is C10H19NO2. The third kappa shape index (κ3) is 1.85. The van der Waals surface area contributed by atoms with Gasteiger partial charge < -0.3 is 10.0 Å². The van der Waals surface area contributed by atoms with Crippen molar-refractivity contribution in [3.63, 3.8) is 0 Å². The topological polar surface area (TPSA) is 40.5 Å². The molecule has 0 heterocycles. The van der Waals surface area contributed by atoms with Gasteiger partial charge in [-0.3, -0.25) is 4.79 Å². The lowest BCUT2D eigenvalue weighted by molar-refractivity contribution is -0.149. The van der Waals surface area contributed by atoms with Crippen molar-refractivity contribution in [1.82, 2.24) is 4.90 Å². The molecule has 1 N–H and O–H groups in total. The van der Waals surface area contributed by atoms with Gasteiger partial charge in [-0.05, 0) is 19.3 Å². The summed E-state index contributed by atoms with van der Waals surface area (Å²) in [6.45, 7) is 2.86. The highest BCUT2D eigenvalue weighted by Gasteiger charge is 2.44. The predicted octanol–water partition coefficient (Wildman–Crippen LogP) is 1.02. The van der Waals surface area contributed by atoms with Crippen LogP contribution in [0, 0.1) is 5.41 Å². The Morgan fingerprint density at radius 1 is 1.54 bits per heavy atom. The van der Waals surface area contributed by atoms with Crippen LogP contribution in [-0.4, -0.2) is 36.1 Å². The van der Waals surface area contributed by atoms with Gasteiger partial charge in [0.2, 0.25) is 5.91 Å². The van der Waals surface area contributed by atoms with Gasteiger partial charge >= 0.3 is 0 Å². The molecule has 0 aromatic rings. The molecule has 0 atom stereocenters. The number of nitrogens with zero attached hydrogens (tertiary/aromatic N) is 1. The fraction of sp³-hybridized carbons (Fsp3) is 0.900. The zero-order valence-corrected chi connectivity index (χ0v) is 8.55. The third-order valence-corrected chi connectivity index (χ3v) is 2.97. The number of carbonyl (C=O) groups excluding carboxylic acids is 1. The molecule has 0 unspecified atom stereocenters. The normalized spacial score (nSPS) is 19.3. The van der Waals surface area contributed by atoms with Crippen molar-refractivity contribution in [3.05, 3.63) is 0 Å². The van der Waals surface area contributed by atoms with Crippen LogP contribution in [0.4, 0.5) is 0 Å². The molecule has 1 aliphatic rings. The summed E-state index contributed by atoms with van der Waals surface area (Å²) in [4.78, 5) is 13.6. The Morgan fingerprint density at radius 3 is 2.46 bits per heavy atom. The van der Waals surface area contributed by atoms with Gasteiger partial charge in [-0.1, -0.05) is 13.3 Å². The zero-order chi connectivity index (χ0) is 9.90. The van der Waals surface area contributed by atoms with Gasteiger partial charge in [0.1, 0.15) is 0 Å². The van der Waals surface area contributed by atoms with E-state index in [-0.39, 0.29) is 12.5 Å². The minimum Gasteiger partial charge on any atom is -0.395 e. The lowest BCUT2D eigenvalue weighted by Gasteiger charge is -2.41. The number of rotatable bonds is 4. The Labute approximate surface area is 79.7 Å². The van der Waals surface area contributed by atoms with E-state index in [2.05, 4.69) is 6.92 Å². The Kier molecular flexibility index (Phi) is 3.31. The van der Waals surface area contributed by atoms with Crippen molar-refractivity contribution >= 4 is 5.91 Å². The van der Waals surface area contributed by atoms with Gasteiger partial charge in [-0.15, -0.1) is 0 Å². The van der Waals surface area contributed by atoms with Crippen molar-refractivity contribution in [3.8, 4) is 0 Å². The largest absolute Gasteiger partial charge is 0.395 e. The Balaban J connectivity index is 2.54. The molecule has 3 nitrogen and oxygen atoms in total. The highest BCUT2D eigenvalue weighted by atomic mass is 16.3. The van der Waals surface area contributed by atoms with Crippen LogP contribution in [0.1, 0.15) is 32.6 Å². The molecule has 0 radical (unpaired) electrons. The maximum absolute atomic E-state index is 11.8. The first-order valence-electron chi connectivity index (χ1n) is 5.03. The van der Waals surface area contributed by atoms with Crippen LogP contribution in [0.3, 0.4) is 0 Å². The molecule has 1 saturated carbocycles. The van der Waals surface area contributed by atoms with E-state index in [1.807, 2.05) is 7.05 Å². The Morgan fingerprint density at radius 2 is 2.15 bits per heavy atom. The van der Waals surface area contributed by atoms with E-state index in [4.69, 9.17) is 0 Å². The van der Waals surface area contributed by atoms with E-state index in [0.717, 1.165) is 32.2 Å². The molecule has 0 aliphatic heterocycles. The first-order chi connectivity index (χ1) is 6.16. The van der Waals surface area contributed by atoms with E-state index in [9.17, 15) is 9.90 Å². The molecule has 13 heavy (non-hydrogen) atoms. The van der Waals surface area contributed by atoms with E-state index < -0.39 is 5.41 Å². The molecule has 1 amide bonds. The number of aliphatic hydroxyl groups excluding tert-OH is 1. The second-order valence-corrected chi connectivity index (χ2v) is 4.02. The molecule has 3 heteroatoms. The van der Waals surface area contributed by atoms with Crippen LogP contribution in [0.25, 0.3) is 0 Å². The molecule has 1 fully saturated rings. The van der Waals surface area contributed by atoms with Crippen molar-refractivity contribution in [2.75, 3.05) is 20.2 Å². The van der Waals surface area contributed by atoms with Crippen LogP contribution < -0.4 is 0 Å². The van der Waals surface area contributed by atoms with Gasteiger partial charge in [0.25, 0.3) is 0 Å². The zero-order valence-electron chi connectivity index (χ0n) is 8.55. The third-order valence-electron chi connectivity index (χ3n) is 2.97. The first kappa shape index (κ1) is 10.5. The summed E-state index contributed by atoms with van der Waals surface area (Å²) >= 11 is 0. The van der Waals surface area contributed by atoms with E-state index >= 15 is 0 Å². The summed E-state index contributed by atoms with van der Waals surface area (Å²) in [5, 5.41) is 9.18. The fourth-order valence-electron chi connectivity index (χ4n) is 1.88. The predicted molar refractivity (Wildman–Crippen MR) is 51.3 cm³/mol. The van der Waals surface area contributed by atoms with E-state index in [1.54, 1.807) is 4.90 Å². The van der Waals surface area contributed by atoms with Crippen molar-refractivity contribution < 1.29 is 9.90 Å². The maximum atomic E-state index is 11.8. The fourth-order valence-corrected chi connectivity index (χ4v) is 1.88. The molecular weight excluding hydrogens is 166 g/mol. The van der Waals surface area contributed by atoms with E-state index in [1.165, 1.54) is 0 Å². The van der Waals surface area contributed by atoms with Crippen molar-refractivity contribution in [2.45, 2.75) is 32.6 Å². The van der Waals surface area contributed by atoms with Crippen LogP contribution in [0.5, 0.6) is 0 Å². The Hall–Kier alpha value is -0.570. The highest BCUT2D eigenvalue weighted by molar-refractivity contribution is 5.83. The summed E-state index contributed by atoms with van der Waals surface area (Å²) in [6.07, 6.45) is 3.77. The summed E-state index contributed by atoms with van der Waals surface area (Å²) in [6, 6.07) is 0. The smallest absolute Gasteiger partial charge is 0.230 e. The highest BCUT2D eigenvalue weighted by Crippen LogP contribution is 2.41. The molecule has 1 rings (SSSR count). The second-order valence-electron chi connectivity index (χ2n) is 4.02. The van der Waals surface area contributed by atoms with E-state index in [0.29, 0.717) is 0 Å². The maximum Gasteiger partial charge on any atom is 0.230 e.